The molecule has 4 heteroatoms. The van der Waals surface area contributed by atoms with E-state index in [2.05, 4.69) is 17.2 Å². The van der Waals surface area contributed by atoms with Crippen LogP contribution in [0.3, 0.4) is 0 Å². The molecule has 0 saturated heterocycles. The number of anilines is 1. The molecule has 0 fully saturated rings. The van der Waals surface area contributed by atoms with E-state index in [0.29, 0.717) is 5.39 Å². The van der Waals surface area contributed by atoms with E-state index in [0.717, 1.165) is 43.3 Å². The third kappa shape index (κ3) is 2.83. The van der Waals surface area contributed by atoms with Crippen molar-refractivity contribution in [1.82, 2.24) is 4.98 Å². The van der Waals surface area contributed by atoms with E-state index in [1.807, 2.05) is 13.0 Å². The molecule has 1 aromatic carbocycles. The van der Waals surface area contributed by atoms with E-state index >= 15 is 0 Å². The minimum absolute atomic E-state index is 0.115. The number of aryl methyl sites for hydroxylation is 1. The zero-order valence-electron chi connectivity index (χ0n) is 11.3. The topological polar surface area (TPSA) is 24.9 Å². The van der Waals surface area contributed by atoms with Crippen LogP contribution < -0.4 is 5.32 Å². The second-order valence-electron chi connectivity index (χ2n) is 4.60. The largest absolute Gasteiger partial charge is 0.384 e. The summed E-state index contributed by atoms with van der Waals surface area (Å²) in [6.45, 7) is 4.89. The molecule has 0 radical (unpaired) electrons. The highest BCUT2D eigenvalue weighted by Crippen LogP contribution is 2.27. The molecule has 0 aliphatic carbocycles. The van der Waals surface area contributed by atoms with Gasteiger partial charge in [0.05, 0.1) is 0 Å². The second-order valence-corrected chi connectivity index (χ2v) is 4.60. The first-order valence-electron chi connectivity index (χ1n) is 6.68. The fourth-order valence-electron chi connectivity index (χ4n) is 2.08. The summed E-state index contributed by atoms with van der Waals surface area (Å²) in [6.07, 6.45) is 2.64. The van der Waals surface area contributed by atoms with Gasteiger partial charge in [-0.1, -0.05) is 20.3 Å². The van der Waals surface area contributed by atoms with Gasteiger partial charge in [0, 0.05) is 23.3 Å². The fraction of sp³-hybridized carbons (Fsp3) is 0.400. The summed E-state index contributed by atoms with van der Waals surface area (Å²) >= 11 is 0. The molecule has 0 aliphatic rings. The molecule has 2 rings (SSSR count). The average molecular weight is 264 g/mol. The number of nitrogens with zero attached hydrogens (tertiary/aromatic N) is 1. The van der Waals surface area contributed by atoms with Crippen molar-refractivity contribution >= 4 is 16.6 Å². The van der Waals surface area contributed by atoms with Crippen molar-refractivity contribution in [2.45, 2.75) is 33.1 Å². The van der Waals surface area contributed by atoms with E-state index in [9.17, 15) is 8.78 Å². The lowest BCUT2D eigenvalue weighted by molar-refractivity contribution is 0.515. The second kappa shape index (κ2) is 5.95. The third-order valence-corrected chi connectivity index (χ3v) is 3.00. The Kier molecular flexibility index (Phi) is 4.30. The van der Waals surface area contributed by atoms with Crippen LogP contribution in [-0.2, 0) is 6.42 Å². The van der Waals surface area contributed by atoms with Gasteiger partial charge in [-0.3, -0.25) is 0 Å². The normalized spacial score (nSPS) is 10.9. The van der Waals surface area contributed by atoms with Crippen molar-refractivity contribution in [1.29, 1.82) is 0 Å². The Morgan fingerprint density at radius 2 is 1.95 bits per heavy atom. The van der Waals surface area contributed by atoms with Crippen LogP contribution in [0.5, 0.6) is 0 Å². The summed E-state index contributed by atoms with van der Waals surface area (Å²) in [5.74, 6) is -1.72. The number of aromatic nitrogens is 1. The standard InChI is InChI=1S/C15H18F2N2/c1-3-5-10-9-13(18-8-4-2)11-6-7-12(16)14(17)15(11)19-10/h6-7,9H,3-5,8H2,1-2H3,(H,18,19). The maximum Gasteiger partial charge on any atom is 0.185 e. The Hall–Kier alpha value is -1.71. The molecule has 0 aliphatic heterocycles. The van der Waals surface area contributed by atoms with Crippen molar-refractivity contribution in [3.63, 3.8) is 0 Å². The highest BCUT2D eigenvalue weighted by atomic mass is 19.2. The Morgan fingerprint density at radius 1 is 1.16 bits per heavy atom. The molecule has 1 N–H and O–H groups in total. The highest BCUT2D eigenvalue weighted by Gasteiger charge is 2.12. The Bertz CT molecular complexity index is 582. The van der Waals surface area contributed by atoms with Crippen molar-refractivity contribution < 1.29 is 8.78 Å². The lowest BCUT2D eigenvalue weighted by Gasteiger charge is -2.11. The first-order chi connectivity index (χ1) is 9.17. The third-order valence-electron chi connectivity index (χ3n) is 3.00. The summed E-state index contributed by atoms with van der Waals surface area (Å²) in [4.78, 5) is 4.24. The number of hydrogen-bond acceptors (Lipinski definition) is 2. The average Bonchev–Trinajstić information content (AvgIpc) is 2.41. The Morgan fingerprint density at radius 3 is 2.63 bits per heavy atom. The number of rotatable bonds is 5. The smallest absolute Gasteiger partial charge is 0.185 e. The minimum Gasteiger partial charge on any atom is -0.384 e. The van der Waals surface area contributed by atoms with Gasteiger partial charge in [-0.05, 0) is 31.0 Å². The molecule has 0 saturated carbocycles. The summed E-state index contributed by atoms with van der Waals surface area (Å²) in [5.41, 5.74) is 1.73. The quantitative estimate of drug-likeness (QED) is 0.871. The lowest BCUT2D eigenvalue weighted by atomic mass is 10.1. The van der Waals surface area contributed by atoms with Crippen molar-refractivity contribution in [3.05, 3.63) is 35.5 Å². The van der Waals surface area contributed by atoms with Crippen LogP contribution in [0.15, 0.2) is 18.2 Å². The zero-order valence-corrected chi connectivity index (χ0v) is 11.3. The molecule has 0 bridgehead atoms. The molecule has 1 aromatic heterocycles. The van der Waals surface area contributed by atoms with E-state index < -0.39 is 11.6 Å². The molecular weight excluding hydrogens is 246 g/mol. The van der Waals surface area contributed by atoms with Gasteiger partial charge in [0.2, 0.25) is 0 Å². The molecule has 19 heavy (non-hydrogen) atoms. The van der Waals surface area contributed by atoms with Crippen molar-refractivity contribution in [2.24, 2.45) is 0 Å². The predicted octanol–water partition coefficient (Wildman–Crippen LogP) is 4.29. The number of pyridine rings is 1. The summed E-state index contributed by atoms with van der Waals surface area (Å²) in [5, 5.41) is 3.89. The van der Waals surface area contributed by atoms with E-state index in [-0.39, 0.29) is 5.52 Å². The minimum atomic E-state index is -0.866. The maximum absolute atomic E-state index is 13.9. The Balaban J connectivity index is 2.60. The maximum atomic E-state index is 13.9. The Labute approximate surface area is 111 Å². The first kappa shape index (κ1) is 13.7. The molecule has 0 atom stereocenters. The number of nitrogens with one attached hydrogen (secondary N) is 1. The molecule has 0 unspecified atom stereocenters. The molecule has 102 valence electrons. The number of hydrogen-bond donors (Lipinski definition) is 1. The van der Waals surface area contributed by atoms with Crippen molar-refractivity contribution in [3.8, 4) is 0 Å². The van der Waals surface area contributed by atoms with Crippen LogP contribution in [0.2, 0.25) is 0 Å². The van der Waals surface area contributed by atoms with Crippen LogP contribution in [0.25, 0.3) is 10.9 Å². The monoisotopic (exact) mass is 264 g/mol. The van der Waals surface area contributed by atoms with Gasteiger partial charge >= 0.3 is 0 Å². The van der Waals surface area contributed by atoms with E-state index in [1.54, 1.807) is 6.07 Å². The number of fused-ring (bicyclic) bond motifs is 1. The molecule has 2 aromatic rings. The van der Waals surface area contributed by atoms with Crippen LogP contribution in [0.4, 0.5) is 14.5 Å². The van der Waals surface area contributed by atoms with Gasteiger partial charge in [-0.2, -0.15) is 0 Å². The van der Waals surface area contributed by atoms with Gasteiger partial charge < -0.3 is 5.32 Å². The number of halogens is 2. The van der Waals surface area contributed by atoms with Gasteiger partial charge in [0.15, 0.2) is 11.6 Å². The highest BCUT2D eigenvalue weighted by molar-refractivity contribution is 5.91. The number of benzene rings is 1. The molecule has 2 nitrogen and oxygen atoms in total. The fourth-order valence-corrected chi connectivity index (χ4v) is 2.08. The van der Waals surface area contributed by atoms with E-state index in [1.165, 1.54) is 0 Å². The van der Waals surface area contributed by atoms with Gasteiger partial charge in [0.25, 0.3) is 0 Å². The summed E-state index contributed by atoms with van der Waals surface area (Å²) < 4.78 is 27.2. The zero-order chi connectivity index (χ0) is 13.8. The first-order valence-corrected chi connectivity index (χ1v) is 6.68. The van der Waals surface area contributed by atoms with Gasteiger partial charge in [0.1, 0.15) is 5.52 Å². The van der Waals surface area contributed by atoms with Gasteiger partial charge in [-0.25, -0.2) is 13.8 Å². The predicted molar refractivity (Wildman–Crippen MR) is 74.4 cm³/mol. The molecule has 1 heterocycles. The summed E-state index contributed by atoms with van der Waals surface area (Å²) in [7, 11) is 0. The molecular formula is C15H18F2N2. The van der Waals surface area contributed by atoms with E-state index in [4.69, 9.17) is 0 Å². The molecule has 0 amide bonds. The van der Waals surface area contributed by atoms with Crippen molar-refractivity contribution in [2.75, 3.05) is 11.9 Å². The lowest BCUT2D eigenvalue weighted by Crippen LogP contribution is -2.04. The van der Waals surface area contributed by atoms with Crippen LogP contribution in [0.1, 0.15) is 32.4 Å². The summed E-state index contributed by atoms with van der Waals surface area (Å²) in [6, 6.07) is 4.66. The van der Waals surface area contributed by atoms with Gasteiger partial charge in [-0.15, -0.1) is 0 Å². The van der Waals surface area contributed by atoms with Crippen LogP contribution >= 0.6 is 0 Å². The molecule has 0 spiro atoms. The van der Waals surface area contributed by atoms with Crippen LogP contribution in [-0.4, -0.2) is 11.5 Å². The SMILES string of the molecule is CCCNc1cc(CCC)nc2c(F)c(F)ccc12. The van der Waals surface area contributed by atoms with Crippen LogP contribution in [0, 0.1) is 11.6 Å².